The first-order valence-corrected chi connectivity index (χ1v) is 9.89. The molecule has 0 N–H and O–H groups in total. The minimum Gasteiger partial charge on any atom is -0.308 e. The molecule has 2 aromatic heterocycles. The Morgan fingerprint density at radius 2 is 1.90 bits per heavy atom. The molecule has 0 bridgehead atoms. The Bertz CT molecular complexity index is 1260. The smallest absolute Gasteiger partial charge is 0.264 e. The van der Waals surface area contributed by atoms with Crippen LogP contribution >= 0.6 is 11.6 Å². The molecule has 4 aromatic rings. The highest BCUT2D eigenvalue weighted by molar-refractivity contribution is 6.30. The van der Waals surface area contributed by atoms with Gasteiger partial charge in [-0.2, -0.15) is 5.10 Å². The largest absolute Gasteiger partial charge is 0.308 e. The molecule has 0 atom stereocenters. The SMILES string of the molecule is CC(C)N(C(=O)Cn1cnc2c(cnn2-c2cccc(Cl)c2)c1=O)c1ccccc1. The Kier molecular flexibility index (Phi) is 5.37. The Labute approximate surface area is 178 Å². The van der Waals surface area contributed by atoms with Crippen molar-refractivity contribution in [2.24, 2.45) is 0 Å². The summed E-state index contributed by atoms with van der Waals surface area (Å²) in [7, 11) is 0. The number of nitrogens with zero attached hydrogens (tertiary/aromatic N) is 5. The standard InChI is InChI=1S/C22H20ClN5O2/c1-15(2)27(17-8-4-3-5-9-17)20(29)13-26-14-24-21-19(22(26)30)12-25-28(21)18-10-6-7-16(23)11-18/h3-12,14-15H,13H2,1-2H3. The van der Waals surface area contributed by atoms with Gasteiger partial charge in [0, 0.05) is 16.8 Å². The Balaban J connectivity index is 1.68. The zero-order chi connectivity index (χ0) is 21.3. The van der Waals surface area contributed by atoms with Gasteiger partial charge < -0.3 is 4.90 Å². The number of benzene rings is 2. The molecular weight excluding hydrogens is 402 g/mol. The van der Waals surface area contributed by atoms with Crippen LogP contribution < -0.4 is 10.5 Å². The van der Waals surface area contributed by atoms with E-state index in [1.54, 1.807) is 27.8 Å². The van der Waals surface area contributed by atoms with Gasteiger partial charge in [0.05, 0.1) is 11.9 Å². The zero-order valence-corrected chi connectivity index (χ0v) is 17.3. The quantitative estimate of drug-likeness (QED) is 0.492. The molecule has 30 heavy (non-hydrogen) atoms. The van der Waals surface area contributed by atoms with Gasteiger partial charge in [-0.15, -0.1) is 0 Å². The fourth-order valence-corrected chi connectivity index (χ4v) is 3.58. The van der Waals surface area contributed by atoms with Crippen LogP contribution in [0.4, 0.5) is 5.69 Å². The van der Waals surface area contributed by atoms with Gasteiger partial charge in [-0.3, -0.25) is 14.2 Å². The lowest BCUT2D eigenvalue weighted by Crippen LogP contribution is -2.41. The van der Waals surface area contributed by atoms with E-state index in [2.05, 4.69) is 10.1 Å². The zero-order valence-electron chi connectivity index (χ0n) is 16.6. The highest BCUT2D eigenvalue weighted by atomic mass is 35.5. The first kappa shape index (κ1) is 19.8. The third kappa shape index (κ3) is 3.71. The molecule has 0 aliphatic heterocycles. The Hall–Kier alpha value is -3.45. The fraction of sp³-hybridized carbons (Fsp3) is 0.182. The number of halogens is 1. The second-order valence-corrected chi connectivity index (χ2v) is 7.58. The van der Waals surface area contributed by atoms with Crippen LogP contribution in [0.3, 0.4) is 0 Å². The van der Waals surface area contributed by atoms with Crippen LogP contribution in [-0.2, 0) is 11.3 Å². The van der Waals surface area contributed by atoms with E-state index in [-0.39, 0.29) is 24.1 Å². The lowest BCUT2D eigenvalue weighted by Gasteiger charge is -2.27. The van der Waals surface area contributed by atoms with Gasteiger partial charge >= 0.3 is 0 Å². The Morgan fingerprint density at radius 3 is 2.60 bits per heavy atom. The van der Waals surface area contributed by atoms with Crippen LogP contribution in [0, 0.1) is 0 Å². The van der Waals surface area contributed by atoms with Crippen molar-refractivity contribution in [3.05, 3.63) is 82.5 Å². The topological polar surface area (TPSA) is 73.0 Å². The molecule has 0 saturated heterocycles. The molecule has 7 nitrogen and oxygen atoms in total. The van der Waals surface area contributed by atoms with Crippen molar-refractivity contribution in [3.8, 4) is 5.69 Å². The number of rotatable bonds is 5. The maximum Gasteiger partial charge on any atom is 0.264 e. The minimum absolute atomic E-state index is 0.0575. The van der Waals surface area contributed by atoms with Crippen LogP contribution in [0.25, 0.3) is 16.7 Å². The van der Waals surface area contributed by atoms with Crippen LogP contribution in [0.2, 0.25) is 5.02 Å². The number of amides is 1. The van der Waals surface area contributed by atoms with Gasteiger partial charge in [-0.05, 0) is 44.2 Å². The van der Waals surface area contributed by atoms with E-state index in [1.807, 2.05) is 50.2 Å². The summed E-state index contributed by atoms with van der Waals surface area (Å²) in [6.07, 6.45) is 2.85. The first-order valence-electron chi connectivity index (χ1n) is 9.52. The predicted octanol–water partition coefficient (Wildman–Crippen LogP) is 3.68. The van der Waals surface area contributed by atoms with Crippen LogP contribution in [0.5, 0.6) is 0 Å². The van der Waals surface area contributed by atoms with Crippen molar-refractivity contribution in [2.75, 3.05) is 4.90 Å². The molecule has 2 aromatic carbocycles. The summed E-state index contributed by atoms with van der Waals surface area (Å²) >= 11 is 6.06. The molecule has 4 rings (SSSR count). The highest BCUT2D eigenvalue weighted by Gasteiger charge is 2.21. The van der Waals surface area contributed by atoms with E-state index in [0.29, 0.717) is 21.7 Å². The van der Waals surface area contributed by atoms with Crippen molar-refractivity contribution in [3.63, 3.8) is 0 Å². The summed E-state index contributed by atoms with van der Waals surface area (Å²) in [5.41, 5.74) is 1.58. The van der Waals surface area contributed by atoms with Gasteiger partial charge in [0.15, 0.2) is 5.65 Å². The van der Waals surface area contributed by atoms with Gasteiger partial charge in [0.2, 0.25) is 5.91 Å². The minimum atomic E-state index is -0.321. The average molecular weight is 422 g/mol. The number of carbonyl (C=O) groups excluding carboxylic acids is 1. The maximum absolute atomic E-state index is 13.0. The third-order valence-corrected chi connectivity index (χ3v) is 4.97. The summed E-state index contributed by atoms with van der Waals surface area (Å²) in [5, 5.41) is 5.18. The van der Waals surface area contributed by atoms with Gasteiger partial charge in [0.25, 0.3) is 5.56 Å². The lowest BCUT2D eigenvalue weighted by molar-refractivity contribution is -0.119. The number of fused-ring (bicyclic) bond motifs is 1. The molecule has 0 radical (unpaired) electrons. The number of carbonyl (C=O) groups is 1. The normalized spacial score (nSPS) is 11.2. The average Bonchev–Trinajstić information content (AvgIpc) is 3.16. The second-order valence-electron chi connectivity index (χ2n) is 7.14. The number of aromatic nitrogens is 4. The van der Waals surface area contributed by atoms with Crippen molar-refractivity contribution in [1.29, 1.82) is 0 Å². The summed E-state index contributed by atoms with van der Waals surface area (Å²) in [6.45, 7) is 3.76. The van der Waals surface area contributed by atoms with E-state index < -0.39 is 0 Å². The molecule has 0 unspecified atom stereocenters. The van der Waals surface area contributed by atoms with Gasteiger partial charge in [-0.25, -0.2) is 9.67 Å². The van der Waals surface area contributed by atoms with Crippen molar-refractivity contribution < 1.29 is 4.79 Å². The van der Waals surface area contributed by atoms with Crippen molar-refractivity contribution in [2.45, 2.75) is 26.4 Å². The molecular formula is C22H20ClN5O2. The first-order chi connectivity index (χ1) is 14.5. The van der Waals surface area contributed by atoms with Gasteiger partial charge in [-0.1, -0.05) is 35.9 Å². The molecule has 2 heterocycles. The molecule has 0 spiro atoms. The predicted molar refractivity (Wildman–Crippen MR) is 117 cm³/mol. The van der Waals surface area contributed by atoms with E-state index in [9.17, 15) is 9.59 Å². The number of para-hydroxylation sites is 1. The molecule has 1 amide bonds. The van der Waals surface area contributed by atoms with Crippen LogP contribution in [0.15, 0.2) is 71.9 Å². The highest BCUT2D eigenvalue weighted by Crippen LogP contribution is 2.19. The van der Waals surface area contributed by atoms with Crippen molar-refractivity contribution in [1.82, 2.24) is 19.3 Å². The summed E-state index contributed by atoms with van der Waals surface area (Å²) in [6, 6.07) is 16.5. The number of hydrogen-bond acceptors (Lipinski definition) is 4. The third-order valence-electron chi connectivity index (χ3n) is 4.73. The van der Waals surface area contributed by atoms with Crippen molar-refractivity contribution >= 4 is 34.2 Å². The second kappa shape index (κ2) is 8.12. The summed E-state index contributed by atoms with van der Waals surface area (Å²) in [4.78, 5) is 32.0. The molecule has 0 fully saturated rings. The summed E-state index contributed by atoms with van der Waals surface area (Å²) < 4.78 is 2.87. The Morgan fingerprint density at radius 1 is 1.13 bits per heavy atom. The van der Waals surface area contributed by atoms with Gasteiger partial charge in [0.1, 0.15) is 18.3 Å². The molecule has 0 aliphatic rings. The maximum atomic E-state index is 13.0. The fourth-order valence-electron chi connectivity index (χ4n) is 3.40. The van der Waals surface area contributed by atoms with E-state index in [1.165, 1.54) is 17.1 Å². The van der Waals surface area contributed by atoms with Crippen LogP contribution in [-0.4, -0.2) is 31.3 Å². The lowest BCUT2D eigenvalue weighted by atomic mass is 10.2. The number of hydrogen-bond donors (Lipinski definition) is 0. The monoisotopic (exact) mass is 421 g/mol. The number of anilines is 1. The van der Waals surface area contributed by atoms with E-state index in [4.69, 9.17) is 11.6 Å². The van der Waals surface area contributed by atoms with E-state index >= 15 is 0 Å². The van der Waals surface area contributed by atoms with Crippen LogP contribution in [0.1, 0.15) is 13.8 Å². The molecule has 0 saturated carbocycles. The molecule has 152 valence electrons. The molecule has 8 heteroatoms. The molecule has 0 aliphatic carbocycles. The summed E-state index contributed by atoms with van der Waals surface area (Å²) in [5.74, 6) is -0.193. The van der Waals surface area contributed by atoms with E-state index in [0.717, 1.165) is 5.69 Å².